The van der Waals surface area contributed by atoms with Gasteiger partial charge in [-0.3, -0.25) is 4.79 Å². The average Bonchev–Trinajstić information content (AvgIpc) is 2.86. The van der Waals surface area contributed by atoms with Gasteiger partial charge >= 0.3 is 0 Å². The van der Waals surface area contributed by atoms with Crippen molar-refractivity contribution in [3.63, 3.8) is 0 Å². The first-order valence-electron chi connectivity index (χ1n) is 11.3. The molecule has 34 heavy (non-hydrogen) atoms. The van der Waals surface area contributed by atoms with E-state index in [1.165, 1.54) is 0 Å². The van der Waals surface area contributed by atoms with E-state index in [1.54, 1.807) is 7.11 Å². The van der Waals surface area contributed by atoms with E-state index in [1.807, 2.05) is 97.3 Å². The molecule has 0 radical (unpaired) electrons. The first-order valence-corrected chi connectivity index (χ1v) is 11.7. The zero-order chi connectivity index (χ0) is 24.2. The van der Waals surface area contributed by atoms with Crippen LogP contribution in [0.5, 0.6) is 5.75 Å². The molecule has 2 N–H and O–H groups in total. The Morgan fingerprint density at radius 3 is 2.38 bits per heavy atom. The predicted octanol–water partition coefficient (Wildman–Crippen LogP) is 6.08. The van der Waals surface area contributed by atoms with Gasteiger partial charge in [0, 0.05) is 29.7 Å². The van der Waals surface area contributed by atoms with Crippen molar-refractivity contribution in [1.29, 1.82) is 0 Å². The van der Waals surface area contributed by atoms with Gasteiger partial charge in [0.2, 0.25) is 0 Å². The largest absolute Gasteiger partial charge is 0.497 e. The van der Waals surface area contributed by atoms with Crippen LogP contribution in [0.2, 0.25) is 5.02 Å². The van der Waals surface area contributed by atoms with Crippen molar-refractivity contribution in [3.8, 4) is 16.9 Å². The highest BCUT2D eigenvalue weighted by atomic mass is 35.5. The Bertz CT molecular complexity index is 1360. The lowest BCUT2D eigenvalue weighted by atomic mass is 9.92. The molecular formula is C29H29ClN2O2. The standard InChI is InChI=1S/C29H29ClN2O2/c1-19-25(17-22-12-7-8-15-26(22)30)20(2)32(18-27(31)21-10-5-4-6-11-21)29(33)28(19)23-13-9-14-24(16-23)34-3/h4-16,27H,17-18,31H2,1-3H3. The quantitative estimate of drug-likeness (QED) is 0.354. The fourth-order valence-electron chi connectivity index (χ4n) is 4.47. The van der Waals surface area contributed by atoms with E-state index in [4.69, 9.17) is 22.1 Å². The molecule has 0 spiro atoms. The lowest BCUT2D eigenvalue weighted by molar-refractivity contribution is 0.415. The van der Waals surface area contributed by atoms with Gasteiger partial charge < -0.3 is 15.0 Å². The van der Waals surface area contributed by atoms with Gasteiger partial charge in [-0.05, 0) is 59.9 Å². The summed E-state index contributed by atoms with van der Waals surface area (Å²) in [7, 11) is 1.63. The number of aromatic nitrogens is 1. The highest BCUT2D eigenvalue weighted by molar-refractivity contribution is 6.31. The molecule has 4 aromatic rings. The molecule has 1 unspecified atom stereocenters. The maximum atomic E-state index is 13.9. The molecule has 0 aliphatic heterocycles. The second kappa shape index (κ2) is 10.3. The molecule has 1 aromatic heterocycles. The molecule has 0 fully saturated rings. The summed E-state index contributed by atoms with van der Waals surface area (Å²) in [5.41, 5.74) is 12.9. The fraction of sp³-hybridized carbons (Fsp3) is 0.207. The summed E-state index contributed by atoms with van der Waals surface area (Å²) in [5, 5.41) is 0.711. The van der Waals surface area contributed by atoms with E-state index in [0.29, 0.717) is 29.3 Å². The number of ether oxygens (including phenoxy) is 1. The van der Waals surface area contributed by atoms with Crippen LogP contribution >= 0.6 is 11.6 Å². The maximum Gasteiger partial charge on any atom is 0.258 e. The summed E-state index contributed by atoms with van der Waals surface area (Å²) in [4.78, 5) is 13.9. The highest BCUT2D eigenvalue weighted by Crippen LogP contribution is 2.30. The first-order chi connectivity index (χ1) is 16.4. The number of halogens is 1. The summed E-state index contributed by atoms with van der Waals surface area (Å²) in [6.07, 6.45) is 0.620. The Morgan fingerprint density at radius 2 is 1.68 bits per heavy atom. The van der Waals surface area contributed by atoms with E-state index >= 15 is 0 Å². The third-order valence-electron chi connectivity index (χ3n) is 6.42. The topological polar surface area (TPSA) is 57.2 Å². The second-order valence-electron chi connectivity index (χ2n) is 8.50. The van der Waals surface area contributed by atoms with Gasteiger partial charge in [0.1, 0.15) is 5.75 Å². The molecule has 0 bridgehead atoms. The van der Waals surface area contributed by atoms with E-state index in [9.17, 15) is 4.79 Å². The molecule has 0 saturated heterocycles. The summed E-state index contributed by atoms with van der Waals surface area (Å²) in [5.74, 6) is 0.706. The molecule has 5 heteroatoms. The second-order valence-corrected chi connectivity index (χ2v) is 8.90. The average molecular weight is 473 g/mol. The molecule has 0 saturated carbocycles. The van der Waals surface area contributed by atoms with Crippen molar-refractivity contribution >= 4 is 11.6 Å². The van der Waals surface area contributed by atoms with E-state index in [0.717, 1.165) is 33.5 Å². The minimum Gasteiger partial charge on any atom is -0.497 e. The molecule has 0 aliphatic rings. The third kappa shape index (κ3) is 4.79. The number of methoxy groups -OCH3 is 1. The SMILES string of the molecule is COc1cccc(-c2c(C)c(Cc3ccccc3Cl)c(C)n(CC(N)c3ccccc3)c2=O)c1. The zero-order valence-corrected chi connectivity index (χ0v) is 20.5. The summed E-state index contributed by atoms with van der Waals surface area (Å²) in [6.45, 7) is 4.38. The molecule has 0 aliphatic carbocycles. The summed E-state index contributed by atoms with van der Waals surface area (Å²) in [6, 6.07) is 25.0. The Kier molecular flexibility index (Phi) is 7.20. The molecule has 1 heterocycles. The Labute approximate surface area is 205 Å². The van der Waals surface area contributed by atoms with Gasteiger partial charge in [0.25, 0.3) is 5.56 Å². The van der Waals surface area contributed by atoms with E-state index < -0.39 is 0 Å². The van der Waals surface area contributed by atoms with E-state index in [-0.39, 0.29) is 11.6 Å². The first kappa shape index (κ1) is 23.8. The van der Waals surface area contributed by atoms with Crippen molar-refractivity contribution in [2.75, 3.05) is 7.11 Å². The molecular weight excluding hydrogens is 444 g/mol. The lowest BCUT2D eigenvalue weighted by Gasteiger charge is -2.23. The van der Waals surface area contributed by atoms with Crippen molar-refractivity contribution in [2.24, 2.45) is 5.73 Å². The van der Waals surface area contributed by atoms with Crippen LogP contribution in [0.4, 0.5) is 0 Å². The number of nitrogens with two attached hydrogens (primary N) is 1. The molecule has 3 aromatic carbocycles. The normalized spacial score (nSPS) is 11.9. The minimum atomic E-state index is -0.313. The van der Waals surface area contributed by atoms with Gasteiger partial charge in [-0.25, -0.2) is 0 Å². The number of nitrogens with zero attached hydrogens (tertiary/aromatic N) is 1. The van der Waals surface area contributed by atoms with Gasteiger partial charge in [-0.2, -0.15) is 0 Å². The number of pyridine rings is 1. The Morgan fingerprint density at radius 1 is 0.971 bits per heavy atom. The monoisotopic (exact) mass is 472 g/mol. The van der Waals surface area contributed by atoms with Gasteiger partial charge in [0.15, 0.2) is 0 Å². The van der Waals surface area contributed by atoms with Crippen LogP contribution in [0, 0.1) is 13.8 Å². The van der Waals surface area contributed by atoms with Crippen LogP contribution in [0.25, 0.3) is 11.1 Å². The molecule has 0 amide bonds. The van der Waals surface area contributed by atoms with Crippen LogP contribution in [0.15, 0.2) is 83.7 Å². The van der Waals surface area contributed by atoms with Crippen LogP contribution < -0.4 is 16.0 Å². The molecule has 4 nitrogen and oxygen atoms in total. The Balaban J connectivity index is 1.91. The number of benzene rings is 3. The summed E-state index contributed by atoms with van der Waals surface area (Å²) >= 11 is 6.51. The summed E-state index contributed by atoms with van der Waals surface area (Å²) < 4.78 is 7.24. The van der Waals surface area contributed by atoms with Crippen molar-refractivity contribution < 1.29 is 4.74 Å². The molecule has 174 valence electrons. The van der Waals surface area contributed by atoms with Crippen molar-refractivity contribution in [1.82, 2.24) is 4.57 Å². The van der Waals surface area contributed by atoms with Crippen LogP contribution in [0.1, 0.15) is 34.0 Å². The van der Waals surface area contributed by atoms with Gasteiger partial charge in [-0.1, -0.05) is 72.3 Å². The number of hydrogen-bond donors (Lipinski definition) is 1. The van der Waals surface area contributed by atoms with Gasteiger partial charge in [0.05, 0.1) is 12.7 Å². The van der Waals surface area contributed by atoms with Crippen LogP contribution in [-0.4, -0.2) is 11.7 Å². The number of hydrogen-bond acceptors (Lipinski definition) is 3. The maximum absolute atomic E-state index is 13.9. The minimum absolute atomic E-state index is 0.0578. The molecule has 4 rings (SSSR count). The highest BCUT2D eigenvalue weighted by Gasteiger charge is 2.21. The van der Waals surface area contributed by atoms with Crippen LogP contribution in [-0.2, 0) is 13.0 Å². The van der Waals surface area contributed by atoms with Gasteiger partial charge in [-0.15, -0.1) is 0 Å². The fourth-order valence-corrected chi connectivity index (χ4v) is 4.67. The van der Waals surface area contributed by atoms with Crippen LogP contribution in [0.3, 0.4) is 0 Å². The third-order valence-corrected chi connectivity index (χ3v) is 6.79. The number of rotatable bonds is 7. The molecule has 1 atom stereocenters. The lowest BCUT2D eigenvalue weighted by Crippen LogP contribution is -2.31. The van der Waals surface area contributed by atoms with Crippen molar-refractivity contribution in [2.45, 2.75) is 32.9 Å². The van der Waals surface area contributed by atoms with Crippen molar-refractivity contribution in [3.05, 3.63) is 122 Å². The zero-order valence-electron chi connectivity index (χ0n) is 19.7. The smallest absolute Gasteiger partial charge is 0.258 e. The van der Waals surface area contributed by atoms with E-state index in [2.05, 4.69) is 0 Å². The Hall–Kier alpha value is -3.34. The predicted molar refractivity (Wildman–Crippen MR) is 140 cm³/mol.